The number of alkyl halides is 3. The van der Waals surface area contributed by atoms with Crippen molar-refractivity contribution in [2.75, 3.05) is 18.2 Å². The van der Waals surface area contributed by atoms with Crippen molar-refractivity contribution in [1.29, 1.82) is 0 Å². The Labute approximate surface area is 112 Å². The van der Waals surface area contributed by atoms with Crippen molar-refractivity contribution in [3.05, 3.63) is 0 Å². The first-order valence-corrected chi connectivity index (χ1v) is 6.88. The predicted molar refractivity (Wildman–Crippen MR) is 63.9 cm³/mol. The summed E-state index contributed by atoms with van der Waals surface area (Å²) in [5.41, 5.74) is 0. The third kappa shape index (κ3) is 5.58. The fourth-order valence-corrected chi connectivity index (χ4v) is 2.74. The molecule has 1 fully saturated rings. The standard InChI is InChI=1S/C10H15F3N2O3S/c11-10(12,13)3-1-2-4-14-9(18)15-6-19-5-7(15)8(16)17/h7H,1-6H2,(H,14,18)(H,16,17). The number of rotatable bonds is 5. The zero-order valence-electron chi connectivity index (χ0n) is 10.1. The maximum Gasteiger partial charge on any atom is 0.389 e. The highest BCUT2D eigenvalue weighted by Crippen LogP contribution is 2.22. The van der Waals surface area contributed by atoms with Gasteiger partial charge in [0.05, 0.1) is 5.88 Å². The van der Waals surface area contributed by atoms with Gasteiger partial charge in [-0.25, -0.2) is 9.59 Å². The van der Waals surface area contributed by atoms with Crippen molar-refractivity contribution in [2.45, 2.75) is 31.5 Å². The van der Waals surface area contributed by atoms with Crippen LogP contribution in [0.5, 0.6) is 0 Å². The maximum atomic E-state index is 11.9. The first kappa shape index (κ1) is 15.9. The molecule has 2 amide bonds. The lowest BCUT2D eigenvalue weighted by molar-refractivity contribution is -0.141. The van der Waals surface area contributed by atoms with Gasteiger partial charge in [-0.05, 0) is 12.8 Å². The molecule has 0 aliphatic carbocycles. The van der Waals surface area contributed by atoms with Crippen LogP contribution in [0, 0.1) is 0 Å². The fraction of sp³-hybridized carbons (Fsp3) is 0.800. The van der Waals surface area contributed by atoms with Crippen LogP contribution in [0.3, 0.4) is 0 Å². The van der Waals surface area contributed by atoms with Crippen LogP contribution in [0.1, 0.15) is 19.3 Å². The zero-order valence-corrected chi connectivity index (χ0v) is 10.9. The Morgan fingerprint density at radius 2 is 2.05 bits per heavy atom. The molecule has 1 rings (SSSR count). The van der Waals surface area contributed by atoms with E-state index in [-0.39, 0.29) is 25.3 Å². The molecule has 1 aliphatic rings. The van der Waals surface area contributed by atoms with E-state index in [1.807, 2.05) is 0 Å². The molecule has 1 saturated heterocycles. The van der Waals surface area contributed by atoms with Gasteiger partial charge in [0.2, 0.25) is 0 Å². The Balaban J connectivity index is 2.22. The third-order valence-corrected chi connectivity index (χ3v) is 3.60. The zero-order chi connectivity index (χ0) is 14.5. The van der Waals surface area contributed by atoms with Crippen molar-refractivity contribution < 1.29 is 27.9 Å². The number of aliphatic carboxylic acids is 1. The SMILES string of the molecule is O=C(O)C1CSCN1C(=O)NCCCCC(F)(F)F. The van der Waals surface area contributed by atoms with E-state index in [2.05, 4.69) is 5.32 Å². The van der Waals surface area contributed by atoms with E-state index in [4.69, 9.17) is 5.11 Å². The quantitative estimate of drug-likeness (QED) is 0.761. The summed E-state index contributed by atoms with van der Waals surface area (Å²) in [5, 5.41) is 11.3. The van der Waals surface area contributed by atoms with Crippen molar-refractivity contribution in [1.82, 2.24) is 10.2 Å². The smallest absolute Gasteiger partial charge is 0.389 e. The minimum absolute atomic E-state index is 0.0547. The van der Waals surface area contributed by atoms with Gasteiger partial charge in [-0.15, -0.1) is 11.8 Å². The molecule has 0 aromatic carbocycles. The lowest BCUT2D eigenvalue weighted by atomic mass is 10.2. The van der Waals surface area contributed by atoms with Crippen LogP contribution in [0.4, 0.5) is 18.0 Å². The number of carbonyl (C=O) groups is 2. The second-order valence-electron chi connectivity index (χ2n) is 4.13. The Kier molecular flexibility index (Phi) is 5.77. The van der Waals surface area contributed by atoms with Gasteiger partial charge in [0, 0.05) is 18.7 Å². The average Bonchev–Trinajstić information content (AvgIpc) is 2.75. The summed E-state index contributed by atoms with van der Waals surface area (Å²) in [4.78, 5) is 23.7. The highest BCUT2D eigenvalue weighted by molar-refractivity contribution is 7.99. The monoisotopic (exact) mass is 300 g/mol. The molecule has 110 valence electrons. The second kappa shape index (κ2) is 6.88. The molecule has 1 aliphatic heterocycles. The number of nitrogens with zero attached hydrogens (tertiary/aromatic N) is 1. The molecule has 5 nitrogen and oxygen atoms in total. The van der Waals surface area contributed by atoms with Crippen molar-refractivity contribution >= 4 is 23.8 Å². The van der Waals surface area contributed by atoms with Crippen LogP contribution in [0.15, 0.2) is 0 Å². The number of hydrogen-bond acceptors (Lipinski definition) is 3. The molecule has 9 heteroatoms. The van der Waals surface area contributed by atoms with Crippen LogP contribution in [0.2, 0.25) is 0 Å². The molecule has 0 aromatic rings. The maximum absolute atomic E-state index is 11.9. The van der Waals surface area contributed by atoms with Gasteiger partial charge < -0.3 is 15.3 Å². The summed E-state index contributed by atoms with van der Waals surface area (Å²) in [7, 11) is 0. The molecule has 0 bridgehead atoms. The van der Waals surface area contributed by atoms with Gasteiger partial charge in [0.1, 0.15) is 6.04 Å². The Bertz CT molecular complexity index is 338. The number of carboxylic acid groups (broad SMARTS) is 1. The van der Waals surface area contributed by atoms with Crippen molar-refractivity contribution in [3.8, 4) is 0 Å². The molecule has 0 saturated carbocycles. The van der Waals surface area contributed by atoms with E-state index < -0.39 is 30.6 Å². The van der Waals surface area contributed by atoms with Crippen LogP contribution >= 0.6 is 11.8 Å². The molecule has 0 radical (unpaired) electrons. The van der Waals surface area contributed by atoms with Gasteiger partial charge in [-0.2, -0.15) is 13.2 Å². The number of nitrogens with one attached hydrogen (secondary N) is 1. The Morgan fingerprint density at radius 1 is 1.37 bits per heavy atom. The molecular weight excluding hydrogens is 285 g/mol. The lowest BCUT2D eigenvalue weighted by Crippen LogP contribution is -2.47. The molecule has 1 atom stereocenters. The van der Waals surface area contributed by atoms with Crippen LogP contribution in [0.25, 0.3) is 0 Å². The van der Waals surface area contributed by atoms with Crippen LogP contribution in [-0.4, -0.2) is 52.4 Å². The normalized spacial score (nSPS) is 19.5. The van der Waals surface area contributed by atoms with E-state index in [9.17, 15) is 22.8 Å². The van der Waals surface area contributed by atoms with Crippen molar-refractivity contribution in [2.24, 2.45) is 0 Å². The van der Waals surface area contributed by atoms with E-state index in [0.29, 0.717) is 5.75 Å². The van der Waals surface area contributed by atoms with Gasteiger partial charge in [0.25, 0.3) is 0 Å². The number of carbonyl (C=O) groups excluding carboxylic acids is 1. The number of thioether (sulfide) groups is 1. The van der Waals surface area contributed by atoms with E-state index in [1.165, 1.54) is 16.7 Å². The van der Waals surface area contributed by atoms with E-state index >= 15 is 0 Å². The van der Waals surface area contributed by atoms with E-state index in [1.54, 1.807) is 0 Å². The highest BCUT2D eigenvalue weighted by Gasteiger charge is 2.34. The number of unbranched alkanes of at least 4 members (excludes halogenated alkanes) is 1. The summed E-state index contributed by atoms with van der Waals surface area (Å²) in [5.74, 6) is -0.459. The number of halogens is 3. The van der Waals surface area contributed by atoms with Gasteiger partial charge >= 0.3 is 18.2 Å². The van der Waals surface area contributed by atoms with Crippen molar-refractivity contribution in [3.63, 3.8) is 0 Å². The molecule has 1 heterocycles. The molecule has 2 N–H and O–H groups in total. The minimum Gasteiger partial charge on any atom is -0.480 e. The molecule has 19 heavy (non-hydrogen) atoms. The first-order valence-electron chi connectivity index (χ1n) is 5.73. The number of carboxylic acids is 1. The Hall–Kier alpha value is -1.12. The fourth-order valence-electron chi connectivity index (χ4n) is 1.59. The largest absolute Gasteiger partial charge is 0.480 e. The van der Waals surface area contributed by atoms with Crippen LogP contribution in [-0.2, 0) is 4.79 Å². The topological polar surface area (TPSA) is 69.6 Å². The predicted octanol–water partition coefficient (Wildman–Crippen LogP) is 1.89. The van der Waals surface area contributed by atoms with E-state index in [0.717, 1.165) is 0 Å². The summed E-state index contributed by atoms with van der Waals surface area (Å²) in [6, 6.07) is -1.40. The second-order valence-corrected chi connectivity index (χ2v) is 5.13. The molecule has 0 aromatic heterocycles. The number of amides is 2. The molecule has 0 spiro atoms. The summed E-state index contributed by atoms with van der Waals surface area (Å²) >= 11 is 1.33. The third-order valence-electron chi connectivity index (χ3n) is 2.59. The molecular formula is C10H15F3N2O3S. The summed E-state index contributed by atoms with van der Waals surface area (Å²) in [6.45, 7) is 0.114. The summed E-state index contributed by atoms with van der Waals surface area (Å²) < 4.78 is 35.6. The minimum atomic E-state index is -4.18. The first-order chi connectivity index (χ1) is 8.81. The molecule has 1 unspecified atom stereocenters. The number of urea groups is 1. The number of hydrogen-bond donors (Lipinski definition) is 2. The van der Waals surface area contributed by atoms with Crippen LogP contribution < -0.4 is 5.32 Å². The highest BCUT2D eigenvalue weighted by atomic mass is 32.2. The summed E-state index contributed by atoms with van der Waals surface area (Å²) in [6.07, 6.45) is -4.89. The average molecular weight is 300 g/mol. The van der Waals surface area contributed by atoms with Gasteiger partial charge in [-0.3, -0.25) is 0 Å². The van der Waals surface area contributed by atoms with Gasteiger partial charge in [-0.1, -0.05) is 0 Å². The van der Waals surface area contributed by atoms with Gasteiger partial charge in [0.15, 0.2) is 0 Å². The Morgan fingerprint density at radius 3 is 2.63 bits per heavy atom. The lowest BCUT2D eigenvalue weighted by Gasteiger charge is -2.20.